The largest absolute Gasteiger partial charge is 0.271 e. The lowest BCUT2D eigenvalue weighted by Crippen LogP contribution is -2.14. The molecule has 0 amide bonds. The second-order valence-corrected chi connectivity index (χ2v) is 8.13. The normalized spacial score (nSPS) is 11.6. The Morgan fingerprint density at radius 2 is 1.84 bits per heavy atom. The van der Waals surface area contributed by atoms with Crippen molar-refractivity contribution in [1.29, 1.82) is 0 Å². The van der Waals surface area contributed by atoms with Crippen LogP contribution in [-0.4, -0.2) is 28.0 Å². The number of aromatic nitrogens is 4. The lowest BCUT2D eigenvalue weighted by atomic mass is 10.2. The van der Waals surface area contributed by atoms with Gasteiger partial charge in [-0.1, -0.05) is 28.1 Å². The number of sulfonamides is 1. The zero-order valence-corrected chi connectivity index (χ0v) is 16.2. The Kier molecular flexibility index (Phi) is 4.96. The Balaban J connectivity index is 1.76. The molecular weight excluding hydrogens is 406 g/mol. The van der Waals surface area contributed by atoms with Gasteiger partial charge in [0.2, 0.25) is 0 Å². The van der Waals surface area contributed by atoms with Gasteiger partial charge in [-0.05, 0) is 31.5 Å². The van der Waals surface area contributed by atoms with Crippen LogP contribution in [0.5, 0.6) is 0 Å². The molecule has 25 heavy (non-hydrogen) atoms. The fraction of sp³-hybridized carbons (Fsp3) is 0.250. The van der Waals surface area contributed by atoms with Gasteiger partial charge in [0, 0.05) is 29.5 Å². The number of nitrogens with zero attached hydrogens (tertiary/aromatic N) is 4. The maximum Gasteiger partial charge on any atom is 0.266 e. The summed E-state index contributed by atoms with van der Waals surface area (Å²) in [5, 5.41) is 8.46. The van der Waals surface area contributed by atoms with E-state index in [0.717, 1.165) is 10.0 Å². The van der Waals surface area contributed by atoms with Gasteiger partial charge in [-0.15, -0.1) is 0 Å². The summed E-state index contributed by atoms with van der Waals surface area (Å²) in [7, 11) is -3.71. The Morgan fingerprint density at radius 1 is 1.12 bits per heavy atom. The molecule has 0 unspecified atom stereocenters. The summed E-state index contributed by atoms with van der Waals surface area (Å²) < 4.78 is 31.9. The molecule has 0 fully saturated rings. The minimum absolute atomic E-state index is 0.164. The van der Waals surface area contributed by atoms with Crippen LogP contribution in [0.3, 0.4) is 0 Å². The molecule has 2 heterocycles. The van der Waals surface area contributed by atoms with Crippen molar-refractivity contribution in [3.8, 4) is 0 Å². The van der Waals surface area contributed by atoms with Crippen LogP contribution in [0.1, 0.15) is 18.2 Å². The highest BCUT2D eigenvalue weighted by molar-refractivity contribution is 9.10. The van der Waals surface area contributed by atoms with Crippen LogP contribution < -0.4 is 4.72 Å². The lowest BCUT2D eigenvalue weighted by Gasteiger charge is -2.04. The molecule has 9 heteroatoms. The van der Waals surface area contributed by atoms with E-state index in [1.165, 1.54) is 6.20 Å². The van der Waals surface area contributed by atoms with E-state index in [1.54, 1.807) is 28.6 Å². The molecule has 0 saturated heterocycles. The summed E-state index contributed by atoms with van der Waals surface area (Å²) in [5.41, 5.74) is 1.53. The Morgan fingerprint density at radius 3 is 2.48 bits per heavy atom. The van der Waals surface area contributed by atoms with E-state index < -0.39 is 10.0 Å². The highest BCUT2D eigenvalue weighted by Gasteiger charge is 2.21. The molecular formula is C16H18BrN5O2S. The maximum atomic E-state index is 12.5. The minimum atomic E-state index is -3.71. The van der Waals surface area contributed by atoms with Crippen molar-refractivity contribution in [1.82, 2.24) is 19.6 Å². The van der Waals surface area contributed by atoms with Crippen LogP contribution in [0.2, 0.25) is 0 Å². The van der Waals surface area contributed by atoms with Crippen LogP contribution in [0.15, 0.2) is 52.1 Å². The smallest absolute Gasteiger partial charge is 0.266 e. The van der Waals surface area contributed by atoms with Gasteiger partial charge in [0.05, 0.1) is 12.2 Å². The molecule has 3 aromatic rings. The first-order valence-electron chi connectivity index (χ1n) is 7.72. The summed E-state index contributed by atoms with van der Waals surface area (Å²) >= 11 is 3.40. The molecule has 0 atom stereocenters. The number of hydrogen-bond donors (Lipinski definition) is 1. The van der Waals surface area contributed by atoms with Gasteiger partial charge in [0.25, 0.3) is 10.0 Å². The molecule has 0 saturated carbocycles. The summed E-state index contributed by atoms with van der Waals surface area (Å²) in [5.74, 6) is 0.278. The van der Waals surface area contributed by atoms with Crippen molar-refractivity contribution in [2.24, 2.45) is 0 Å². The van der Waals surface area contributed by atoms with Gasteiger partial charge < -0.3 is 0 Å². The Labute approximate surface area is 154 Å². The molecule has 3 rings (SSSR count). The van der Waals surface area contributed by atoms with Gasteiger partial charge in [-0.25, -0.2) is 8.42 Å². The fourth-order valence-electron chi connectivity index (χ4n) is 2.40. The van der Waals surface area contributed by atoms with E-state index in [4.69, 9.17) is 0 Å². The van der Waals surface area contributed by atoms with Crippen LogP contribution in [-0.2, 0) is 23.1 Å². The first kappa shape index (κ1) is 17.7. The Bertz CT molecular complexity index is 976. The molecule has 1 N–H and O–H groups in total. The molecule has 0 bridgehead atoms. The predicted molar refractivity (Wildman–Crippen MR) is 98.9 cm³/mol. The topological polar surface area (TPSA) is 81.8 Å². The number of rotatable bonds is 6. The summed E-state index contributed by atoms with van der Waals surface area (Å²) in [4.78, 5) is 0.164. The van der Waals surface area contributed by atoms with E-state index in [0.29, 0.717) is 18.8 Å². The highest BCUT2D eigenvalue weighted by Crippen LogP contribution is 2.18. The maximum absolute atomic E-state index is 12.5. The average Bonchev–Trinajstić information content (AvgIpc) is 3.16. The van der Waals surface area contributed by atoms with Crippen molar-refractivity contribution >= 4 is 31.8 Å². The van der Waals surface area contributed by atoms with Crippen LogP contribution in [0, 0.1) is 6.92 Å². The van der Waals surface area contributed by atoms with Crippen molar-refractivity contribution in [2.45, 2.75) is 31.8 Å². The lowest BCUT2D eigenvalue weighted by molar-refractivity contribution is 0.599. The van der Waals surface area contributed by atoms with Gasteiger partial charge >= 0.3 is 0 Å². The van der Waals surface area contributed by atoms with Crippen LogP contribution in [0.25, 0.3) is 0 Å². The zero-order chi connectivity index (χ0) is 18.0. The summed E-state index contributed by atoms with van der Waals surface area (Å²) in [6.07, 6.45) is 3.26. The van der Waals surface area contributed by atoms with Crippen LogP contribution >= 0.6 is 15.9 Å². The third-order valence-electron chi connectivity index (χ3n) is 3.65. The molecule has 2 aromatic heterocycles. The first-order valence-corrected chi connectivity index (χ1v) is 10.00. The monoisotopic (exact) mass is 423 g/mol. The molecule has 0 aliphatic heterocycles. The Hall–Kier alpha value is -2.13. The van der Waals surface area contributed by atoms with Gasteiger partial charge in [0.15, 0.2) is 5.82 Å². The number of halogens is 1. The van der Waals surface area contributed by atoms with Crippen molar-refractivity contribution in [3.63, 3.8) is 0 Å². The second kappa shape index (κ2) is 7.01. The third kappa shape index (κ3) is 4.10. The summed E-state index contributed by atoms with van der Waals surface area (Å²) in [6, 6.07) is 9.51. The fourth-order valence-corrected chi connectivity index (χ4v) is 3.85. The first-order chi connectivity index (χ1) is 11.9. The number of aryl methyl sites for hydroxylation is 2. The van der Waals surface area contributed by atoms with Crippen molar-refractivity contribution in [2.75, 3.05) is 4.72 Å². The molecule has 132 valence electrons. The van der Waals surface area contributed by atoms with Crippen molar-refractivity contribution in [3.05, 3.63) is 58.5 Å². The molecule has 0 aliphatic carbocycles. The highest BCUT2D eigenvalue weighted by atomic mass is 79.9. The van der Waals surface area contributed by atoms with E-state index in [9.17, 15) is 8.42 Å². The van der Waals surface area contributed by atoms with Gasteiger partial charge in [0.1, 0.15) is 4.90 Å². The van der Waals surface area contributed by atoms with Crippen molar-refractivity contribution < 1.29 is 8.42 Å². The second-order valence-electron chi connectivity index (χ2n) is 5.56. The zero-order valence-electron chi connectivity index (χ0n) is 13.8. The van der Waals surface area contributed by atoms with Crippen LogP contribution in [0.4, 0.5) is 5.82 Å². The average molecular weight is 424 g/mol. The number of anilines is 1. The van der Waals surface area contributed by atoms with E-state index >= 15 is 0 Å². The quantitative estimate of drug-likeness (QED) is 0.660. The predicted octanol–water partition coefficient (Wildman–Crippen LogP) is 3.02. The summed E-state index contributed by atoms with van der Waals surface area (Å²) in [6.45, 7) is 4.74. The van der Waals surface area contributed by atoms with Gasteiger partial charge in [-0.3, -0.25) is 14.1 Å². The molecule has 0 spiro atoms. The third-order valence-corrected chi connectivity index (χ3v) is 5.64. The molecule has 1 aromatic carbocycles. The number of benzene rings is 1. The number of hydrogen-bond acceptors (Lipinski definition) is 4. The number of nitrogens with one attached hydrogen (secondary N) is 1. The van der Waals surface area contributed by atoms with E-state index in [-0.39, 0.29) is 10.7 Å². The molecule has 0 radical (unpaired) electrons. The molecule has 0 aliphatic rings. The molecule has 7 nitrogen and oxygen atoms in total. The minimum Gasteiger partial charge on any atom is -0.271 e. The van der Waals surface area contributed by atoms with Gasteiger partial charge in [-0.2, -0.15) is 10.2 Å². The SMILES string of the molecule is CCn1cc(S(=O)(=O)Nc2ccn(Cc3ccc(Br)cc3)n2)c(C)n1. The van der Waals surface area contributed by atoms with E-state index in [2.05, 4.69) is 30.8 Å². The van der Waals surface area contributed by atoms with E-state index in [1.807, 2.05) is 31.2 Å². The standard InChI is InChI=1S/C16H18BrN5O2S/c1-3-21-11-15(12(2)18-21)25(23,24)20-16-8-9-22(19-16)10-13-4-6-14(17)7-5-13/h4-9,11H,3,10H2,1-2H3,(H,19,20).